The Labute approximate surface area is 118 Å². The van der Waals surface area contributed by atoms with E-state index in [1.54, 1.807) is 5.56 Å². The molecule has 19 heavy (non-hydrogen) atoms. The maximum absolute atomic E-state index is 3.62. The SMILES string of the molecule is CC(CNC(C)(C)C)N1CCCc2ccccc2C1. The molecule has 1 N–H and O–H groups in total. The second kappa shape index (κ2) is 6.06. The van der Waals surface area contributed by atoms with Gasteiger partial charge in [0, 0.05) is 24.7 Å². The summed E-state index contributed by atoms with van der Waals surface area (Å²) < 4.78 is 0. The lowest BCUT2D eigenvalue weighted by molar-refractivity contribution is 0.189. The molecule has 1 unspecified atom stereocenters. The molecule has 106 valence electrons. The summed E-state index contributed by atoms with van der Waals surface area (Å²) in [6.45, 7) is 12.4. The van der Waals surface area contributed by atoms with E-state index in [0.717, 1.165) is 13.1 Å². The molecule has 1 aliphatic heterocycles. The van der Waals surface area contributed by atoms with Crippen molar-refractivity contribution >= 4 is 0 Å². The van der Waals surface area contributed by atoms with E-state index in [1.807, 2.05) is 0 Å². The van der Waals surface area contributed by atoms with E-state index >= 15 is 0 Å². The van der Waals surface area contributed by atoms with Crippen molar-refractivity contribution in [3.8, 4) is 0 Å². The predicted octanol–water partition coefficient (Wildman–Crippen LogP) is 3.21. The third kappa shape index (κ3) is 4.32. The Bertz CT molecular complexity index is 406. The van der Waals surface area contributed by atoms with Crippen molar-refractivity contribution in [2.24, 2.45) is 0 Å². The molecule has 1 aromatic rings. The van der Waals surface area contributed by atoms with E-state index in [2.05, 4.69) is 62.2 Å². The summed E-state index contributed by atoms with van der Waals surface area (Å²) in [6.07, 6.45) is 2.50. The molecule has 1 aliphatic rings. The number of aryl methyl sites for hydroxylation is 1. The highest BCUT2D eigenvalue weighted by atomic mass is 15.2. The van der Waals surface area contributed by atoms with Gasteiger partial charge >= 0.3 is 0 Å². The van der Waals surface area contributed by atoms with Crippen LogP contribution in [0.1, 0.15) is 45.2 Å². The fourth-order valence-electron chi connectivity index (χ4n) is 2.69. The fraction of sp³-hybridized carbons (Fsp3) is 0.647. The van der Waals surface area contributed by atoms with Crippen molar-refractivity contribution in [1.82, 2.24) is 10.2 Å². The highest BCUT2D eigenvalue weighted by Gasteiger charge is 2.20. The van der Waals surface area contributed by atoms with Crippen LogP contribution in [0, 0.1) is 0 Å². The molecule has 0 aromatic heterocycles. The minimum Gasteiger partial charge on any atom is -0.311 e. The van der Waals surface area contributed by atoms with Crippen LogP contribution in [0.2, 0.25) is 0 Å². The number of rotatable bonds is 3. The maximum atomic E-state index is 3.62. The van der Waals surface area contributed by atoms with Gasteiger partial charge in [0.05, 0.1) is 0 Å². The summed E-state index contributed by atoms with van der Waals surface area (Å²) in [5, 5.41) is 3.62. The fourth-order valence-corrected chi connectivity index (χ4v) is 2.69. The van der Waals surface area contributed by atoms with E-state index in [-0.39, 0.29) is 5.54 Å². The van der Waals surface area contributed by atoms with Gasteiger partial charge < -0.3 is 5.32 Å². The lowest BCUT2D eigenvalue weighted by atomic mass is 10.0. The van der Waals surface area contributed by atoms with Crippen LogP contribution in [0.25, 0.3) is 0 Å². The molecule has 0 radical (unpaired) electrons. The molecule has 0 amide bonds. The first-order valence-corrected chi connectivity index (χ1v) is 7.51. The second-order valence-corrected chi connectivity index (χ2v) is 6.82. The summed E-state index contributed by atoms with van der Waals surface area (Å²) in [5.41, 5.74) is 3.27. The largest absolute Gasteiger partial charge is 0.311 e. The first-order valence-electron chi connectivity index (χ1n) is 7.51. The third-order valence-electron chi connectivity index (χ3n) is 3.93. The Balaban J connectivity index is 1.98. The molecule has 0 spiro atoms. The number of fused-ring (bicyclic) bond motifs is 1. The van der Waals surface area contributed by atoms with Crippen molar-refractivity contribution in [2.75, 3.05) is 13.1 Å². The van der Waals surface area contributed by atoms with E-state index in [4.69, 9.17) is 0 Å². The van der Waals surface area contributed by atoms with Gasteiger partial charge in [-0.15, -0.1) is 0 Å². The van der Waals surface area contributed by atoms with E-state index in [0.29, 0.717) is 6.04 Å². The Hall–Kier alpha value is -0.860. The van der Waals surface area contributed by atoms with E-state index < -0.39 is 0 Å². The van der Waals surface area contributed by atoms with Crippen LogP contribution in [0.15, 0.2) is 24.3 Å². The van der Waals surface area contributed by atoms with Crippen LogP contribution in [0.5, 0.6) is 0 Å². The minimum absolute atomic E-state index is 0.206. The second-order valence-electron chi connectivity index (χ2n) is 6.82. The monoisotopic (exact) mass is 260 g/mol. The first kappa shape index (κ1) is 14.5. The first-order chi connectivity index (χ1) is 8.96. The Kier molecular flexibility index (Phi) is 4.64. The van der Waals surface area contributed by atoms with Gasteiger partial charge in [-0.2, -0.15) is 0 Å². The molecule has 2 heteroatoms. The van der Waals surface area contributed by atoms with Crippen LogP contribution in [0.3, 0.4) is 0 Å². The van der Waals surface area contributed by atoms with Gasteiger partial charge in [0.25, 0.3) is 0 Å². The summed E-state index contributed by atoms with van der Waals surface area (Å²) in [7, 11) is 0. The van der Waals surface area contributed by atoms with Crippen LogP contribution < -0.4 is 5.32 Å². The topological polar surface area (TPSA) is 15.3 Å². The molecule has 0 saturated heterocycles. The molecule has 0 fully saturated rings. The molecule has 0 bridgehead atoms. The van der Waals surface area contributed by atoms with Gasteiger partial charge in [0.1, 0.15) is 0 Å². The maximum Gasteiger partial charge on any atom is 0.0239 e. The van der Waals surface area contributed by atoms with Gasteiger partial charge in [-0.05, 0) is 58.2 Å². The summed E-state index contributed by atoms with van der Waals surface area (Å²) in [4.78, 5) is 2.62. The smallest absolute Gasteiger partial charge is 0.0239 e. The highest BCUT2D eigenvalue weighted by Crippen LogP contribution is 2.19. The average Bonchev–Trinajstić information content (AvgIpc) is 2.57. The standard InChI is InChI=1S/C17H28N2/c1-14(12-18-17(2,3)4)19-11-7-10-15-8-5-6-9-16(15)13-19/h5-6,8-9,14,18H,7,10-13H2,1-4H3. The van der Waals surface area contributed by atoms with Crippen molar-refractivity contribution in [2.45, 2.75) is 58.7 Å². The van der Waals surface area contributed by atoms with Crippen LogP contribution in [-0.4, -0.2) is 29.6 Å². The molecule has 1 heterocycles. The van der Waals surface area contributed by atoms with Crippen LogP contribution >= 0.6 is 0 Å². The lowest BCUT2D eigenvalue weighted by Crippen LogP contribution is -2.46. The van der Waals surface area contributed by atoms with E-state index in [1.165, 1.54) is 24.9 Å². The highest BCUT2D eigenvalue weighted by molar-refractivity contribution is 5.28. The van der Waals surface area contributed by atoms with Gasteiger partial charge in [-0.25, -0.2) is 0 Å². The zero-order valence-electron chi connectivity index (χ0n) is 12.9. The molecule has 0 saturated carbocycles. The minimum atomic E-state index is 0.206. The van der Waals surface area contributed by atoms with Gasteiger partial charge in [0.2, 0.25) is 0 Å². The van der Waals surface area contributed by atoms with Crippen molar-refractivity contribution in [1.29, 1.82) is 0 Å². The lowest BCUT2D eigenvalue weighted by Gasteiger charge is -2.31. The zero-order valence-corrected chi connectivity index (χ0v) is 12.9. The molecular weight excluding hydrogens is 232 g/mol. The molecule has 1 aromatic carbocycles. The van der Waals surface area contributed by atoms with Crippen molar-refractivity contribution in [3.63, 3.8) is 0 Å². The molecule has 2 rings (SSSR count). The zero-order chi connectivity index (χ0) is 13.9. The summed E-state index contributed by atoms with van der Waals surface area (Å²) in [5.74, 6) is 0. The van der Waals surface area contributed by atoms with Gasteiger partial charge in [0.15, 0.2) is 0 Å². The Morgan fingerprint density at radius 1 is 1.21 bits per heavy atom. The van der Waals surface area contributed by atoms with Crippen LogP contribution in [-0.2, 0) is 13.0 Å². The third-order valence-corrected chi connectivity index (χ3v) is 3.93. The molecule has 1 atom stereocenters. The number of hydrogen-bond donors (Lipinski definition) is 1. The van der Waals surface area contributed by atoms with Crippen molar-refractivity contribution in [3.05, 3.63) is 35.4 Å². The van der Waals surface area contributed by atoms with E-state index in [9.17, 15) is 0 Å². The predicted molar refractivity (Wildman–Crippen MR) is 82.4 cm³/mol. The molecular formula is C17H28N2. The number of hydrogen-bond acceptors (Lipinski definition) is 2. The number of nitrogens with zero attached hydrogens (tertiary/aromatic N) is 1. The molecule has 0 aliphatic carbocycles. The quantitative estimate of drug-likeness (QED) is 0.898. The Morgan fingerprint density at radius 2 is 1.89 bits per heavy atom. The van der Waals surface area contributed by atoms with Crippen molar-refractivity contribution < 1.29 is 0 Å². The molecule has 2 nitrogen and oxygen atoms in total. The van der Waals surface area contributed by atoms with Gasteiger partial charge in [-0.1, -0.05) is 24.3 Å². The van der Waals surface area contributed by atoms with Gasteiger partial charge in [-0.3, -0.25) is 4.90 Å². The Morgan fingerprint density at radius 3 is 2.58 bits per heavy atom. The average molecular weight is 260 g/mol. The van der Waals surface area contributed by atoms with Crippen LogP contribution in [0.4, 0.5) is 0 Å². The summed E-state index contributed by atoms with van der Waals surface area (Å²) >= 11 is 0. The summed E-state index contributed by atoms with van der Waals surface area (Å²) in [6, 6.07) is 9.50. The number of benzene rings is 1. The normalized spacial score (nSPS) is 18.7. The number of nitrogens with one attached hydrogen (secondary N) is 1.